The first-order valence-electron chi connectivity index (χ1n) is 13.4. The minimum absolute atomic E-state index is 0.0456. The number of aliphatic hydroxyl groups excluding tert-OH is 1. The molecule has 7 rings (SSSR count). The number of nitrogens with zero attached hydrogens (tertiary/aromatic N) is 3. The van der Waals surface area contributed by atoms with Crippen LogP contribution in [-0.4, -0.2) is 53.1 Å². The second kappa shape index (κ2) is 9.97. The number of anilines is 1. The molecule has 2 aliphatic rings. The van der Waals surface area contributed by atoms with E-state index in [9.17, 15) is 9.90 Å². The lowest BCUT2D eigenvalue weighted by atomic mass is 9.77. The van der Waals surface area contributed by atoms with Gasteiger partial charge in [-0.25, -0.2) is 0 Å². The highest BCUT2D eigenvalue weighted by Gasteiger charge is 2.41. The third-order valence-electron chi connectivity index (χ3n) is 7.83. The van der Waals surface area contributed by atoms with E-state index in [4.69, 9.17) is 9.84 Å². The molecule has 1 amide bonds. The summed E-state index contributed by atoms with van der Waals surface area (Å²) >= 11 is 1.42. The minimum atomic E-state index is -0.736. The molecular formula is C32H28N4O3S. The highest BCUT2D eigenvalue weighted by atomic mass is 32.1. The number of benzene rings is 3. The molecule has 0 radical (unpaired) electrons. The van der Waals surface area contributed by atoms with E-state index in [1.165, 1.54) is 11.3 Å². The van der Waals surface area contributed by atoms with E-state index < -0.39 is 5.54 Å². The number of hydrogen-bond acceptors (Lipinski definition) is 6. The zero-order valence-electron chi connectivity index (χ0n) is 21.7. The van der Waals surface area contributed by atoms with E-state index in [1.54, 1.807) is 0 Å². The lowest BCUT2D eigenvalue weighted by molar-refractivity contribution is 0.0956. The molecule has 1 atom stereocenters. The largest absolute Gasteiger partial charge is 0.488 e. The van der Waals surface area contributed by atoms with Gasteiger partial charge in [0.2, 0.25) is 0 Å². The maximum atomic E-state index is 13.1. The van der Waals surface area contributed by atoms with Gasteiger partial charge in [0.05, 0.1) is 30.3 Å². The van der Waals surface area contributed by atoms with Gasteiger partial charge < -0.3 is 20.1 Å². The van der Waals surface area contributed by atoms with Gasteiger partial charge in [0.1, 0.15) is 22.7 Å². The Morgan fingerprint density at radius 2 is 1.52 bits per heavy atom. The van der Waals surface area contributed by atoms with Crippen molar-refractivity contribution < 1.29 is 14.6 Å². The van der Waals surface area contributed by atoms with Gasteiger partial charge in [-0.3, -0.25) is 9.48 Å². The second-order valence-corrected chi connectivity index (χ2v) is 11.0. The molecule has 8 heteroatoms. The molecule has 2 aromatic heterocycles. The molecular weight excluding hydrogens is 520 g/mol. The van der Waals surface area contributed by atoms with Crippen molar-refractivity contribution in [3.8, 4) is 16.2 Å². The van der Waals surface area contributed by atoms with Crippen LogP contribution in [0.1, 0.15) is 26.4 Å². The van der Waals surface area contributed by atoms with E-state index in [-0.39, 0.29) is 18.6 Å². The molecule has 2 aliphatic heterocycles. The first-order valence-corrected chi connectivity index (χ1v) is 14.2. The summed E-state index contributed by atoms with van der Waals surface area (Å²) in [5.74, 6) is 0.546. The number of aliphatic hydroxyl groups is 1. The minimum Gasteiger partial charge on any atom is -0.488 e. The summed E-state index contributed by atoms with van der Waals surface area (Å²) in [6, 6.07) is 31.0. The number of thiophene rings is 1. The van der Waals surface area contributed by atoms with Gasteiger partial charge >= 0.3 is 0 Å². The van der Waals surface area contributed by atoms with Gasteiger partial charge in [-0.2, -0.15) is 5.10 Å². The van der Waals surface area contributed by atoms with E-state index in [2.05, 4.69) is 89.2 Å². The van der Waals surface area contributed by atoms with Crippen LogP contribution in [0.15, 0.2) is 103 Å². The quantitative estimate of drug-likeness (QED) is 0.299. The Kier molecular flexibility index (Phi) is 6.14. The van der Waals surface area contributed by atoms with E-state index in [1.807, 2.05) is 29.1 Å². The zero-order valence-corrected chi connectivity index (χ0v) is 22.6. The smallest absolute Gasteiger partial charge is 0.263 e. The van der Waals surface area contributed by atoms with Gasteiger partial charge in [0.25, 0.3) is 5.91 Å². The number of carbonyl (C=O) groups excluding carboxylic acids is 1. The summed E-state index contributed by atoms with van der Waals surface area (Å²) in [6.07, 6.45) is 3.91. The van der Waals surface area contributed by atoms with Crippen molar-refractivity contribution in [2.45, 2.75) is 11.6 Å². The first kappa shape index (κ1) is 24.6. The van der Waals surface area contributed by atoms with Crippen molar-refractivity contribution in [2.75, 3.05) is 31.2 Å². The summed E-state index contributed by atoms with van der Waals surface area (Å²) in [5, 5.41) is 18.0. The number of aromatic nitrogens is 2. The predicted molar refractivity (Wildman–Crippen MR) is 156 cm³/mol. The fraction of sp³-hybridized carbons (Fsp3) is 0.188. The molecule has 0 unspecified atom stereocenters. The summed E-state index contributed by atoms with van der Waals surface area (Å²) in [4.78, 5) is 16.7. The normalized spacial score (nSPS) is 16.6. The number of amides is 1. The van der Waals surface area contributed by atoms with E-state index in [0.29, 0.717) is 30.3 Å². The monoisotopic (exact) mass is 548 g/mol. The summed E-state index contributed by atoms with van der Waals surface area (Å²) in [5.41, 5.74) is 4.15. The van der Waals surface area contributed by atoms with Gasteiger partial charge in [-0.15, -0.1) is 11.3 Å². The summed E-state index contributed by atoms with van der Waals surface area (Å²) in [6.45, 7) is 1.46. The second-order valence-electron chi connectivity index (χ2n) is 10.0. The van der Waals surface area contributed by atoms with Crippen LogP contribution in [-0.2, 0) is 5.54 Å². The number of carbonyl (C=O) groups is 1. The van der Waals surface area contributed by atoms with Gasteiger partial charge in [-0.05, 0) is 16.7 Å². The molecule has 40 heavy (non-hydrogen) atoms. The van der Waals surface area contributed by atoms with Crippen LogP contribution >= 0.6 is 11.3 Å². The highest BCUT2D eigenvalue weighted by Crippen LogP contribution is 2.51. The van der Waals surface area contributed by atoms with Crippen LogP contribution < -0.4 is 15.0 Å². The molecule has 5 aromatic rings. The van der Waals surface area contributed by atoms with E-state index in [0.717, 1.165) is 32.8 Å². The van der Waals surface area contributed by atoms with Gasteiger partial charge in [-0.1, -0.05) is 91.0 Å². The number of ether oxygens (including phenoxy) is 1. The molecule has 0 bridgehead atoms. The zero-order chi connectivity index (χ0) is 27.1. The summed E-state index contributed by atoms with van der Waals surface area (Å²) < 4.78 is 8.24. The van der Waals surface area contributed by atoms with Gasteiger partial charge in [0.15, 0.2) is 5.75 Å². The lowest BCUT2D eigenvalue weighted by Gasteiger charge is -2.36. The molecule has 200 valence electrons. The molecule has 2 N–H and O–H groups in total. The lowest BCUT2D eigenvalue weighted by Crippen LogP contribution is -2.46. The Labute approximate surface area is 236 Å². The Hall–Kier alpha value is -4.40. The van der Waals surface area contributed by atoms with Crippen LogP contribution in [0.2, 0.25) is 0 Å². The maximum absolute atomic E-state index is 13.1. The predicted octanol–water partition coefficient (Wildman–Crippen LogP) is 4.75. The van der Waals surface area contributed by atoms with Crippen molar-refractivity contribution in [3.05, 3.63) is 125 Å². The maximum Gasteiger partial charge on any atom is 0.263 e. The first-order chi connectivity index (χ1) is 19.7. The number of hydrogen-bond donors (Lipinski definition) is 2. The molecule has 0 spiro atoms. The fourth-order valence-corrected chi connectivity index (χ4v) is 7.14. The molecule has 0 aliphatic carbocycles. The van der Waals surface area contributed by atoms with Crippen LogP contribution in [0.3, 0.4) is 0 Å². The Morgan fingerprint density at radius 1 is 0.925 bits per heavy atom. The Bertz CT molecular complexity index is 1550. The Morgan fingerprint density at radius 3 is 2.10 bits per heavy atom. The number of rotatable bonds is 6. The molecule has 0 saturated heterocycles. The molecule has 0 fully saturated rings. The van der Waals surface area contributed by atoms with Crippen molar-refractivity contribution in [1.29, 1.82) is 0 Å². The third-order valence-corrected chi connectivity index (χ3v) is 9.03. The van der Waals surface area contributed by atoms with Crippen LogP contribution in [0, 0.1) is 0 Å². The molecule has 3 aromatic carbocycles. The van der Waals surface area contributed by atoms with Crippen molar-refractivity contribution >= 4 is 22.9 Å². The molecule has 0 saturated carbocycles. The van der Waals surface area contributed by atoms with Crippen molar-refractivity contribution in [1.82, 2.24) is 15.1 Å². The average molecular weight is 549 g/mol. The Balaban J connectivity index is 1.45. The van der Waals surface area contributed by atoms with Gasteiger partial charge in [0, 0.05) is 18.3 Å². The highest BCUT2D eigenvalue weighted by molar-refractivity contribution is 7.18. The topological polar surface area (TPSA) is 79.6 Å². The van der Waals surface area contributed by atoms with Crippen molar-refractivity contribution in [3.63, 3.8) is 0 Å². The average Bonchev–Trinajstić information content (AvgIpc) is 3.62. The van der Waals surface area contributed by atoms with E-state index >= 15 is 0 Å². The molecule has 7 nitrogen and oxygen atoms in total. The SMILES string of the molecule is O=C1NC[C@H](CO)N2CCOc3c(-c4cnn(C(c5ccccc5)(c5ccccc5)c5ccccc5)c4)sc1c32. The number of nitrogens with one attached hydrogen (secondary N) is 1. The van der Waals surface area contributed by atoms with Crippen molar-refractivity contribution in [2.24, 2.45) is 0 Å². The van der Waals surface area contributed by atoms with Crippen LogP contribution in [0.25, 0.3) is 10.4 Å². The third kappa shape index (κ3) is 3.75. The van der Waals surface area contributed by atoms with Crippen LogP contribution in [0.5, 0.6) is 5.75 Å². The summed E-state index contributed by atoms with van der Waals surface area (Å²) in [7, 11) is 0. The standard InChI is InChI=1S/C32H28N4O3S/c37-21-26-19-33-31(38)30-27-28(39-17-16-35(26)27)29(40-30)22-18-34-36(20-22)32(23-10-4-1-5-11-23,24-12-6-2-7-13-24)25-14-8-3-9-15-25/h1-15,18,20,26,37H,16-17,19,21H2,(H,33,38)/t26-/m1/s1. The fourth-order valence-electron chi connectivity index (χ4n) is 5.99. The van der Waals surface area contributed by atoms with Crippen LogP contribution in [0.4, 0.5) is 5.69 Å². The molecule has 4 heterocycles.